The Bertz CT molecular complexity index is 623. The third kappa shape index (κ3) is 3.04. The first-order valence-corrected chi connectivity index (χ1v) is 6.65. The number of thiophene rings is 1. The highest BCUT2D eigenvalue weighted by Crippen LogP contribution is 2.31. The molecule has 19 heavy (non-hydrogen) atoms. The number of benzene rings is 1. The number of nitriles is 1. The van der Waals surface area contributed by atoms with Crippen LogP contribution >= 0.6 is 22.9 Å². The summed E-state index contributed by atoms with van der Waals surface area (Å²) in [5.74, 6) is -0.428. The lowest BCUT2D eigenvalue weighted by molar-refractivity contribution is 0.216. The number of hydrogen-bond acceptors (Lipinski definition) is 4. The molecular formula is C13H10ClFN2OS. The van der Waals surface area contributed by atoms with Gasteiger partial charge in [-0.1, -0.05) is 17.7 Å². The number of halogens is 2. The van der Waals surface area contributed by atoms with Crippen LogP contribution in [0, 0.1) is 17.1 Å². The molecule has 1 atom stereocenters. The summed E-state index contributed by atoms with van der Waals surface area (Å²) in [7, 11) is 0. The van der Waals surface area contributed by atoms with Crippen LogP contribution in [0.1, 0.15) is 16.5 Å². The molecule has 3 nitrogen and oxygen atoms in total. The highest BCUT2D eigenvalue weighted by molar-refractivity contribution is 7.16. The van der Waals surface area contributed by atoms with Gasteiger partial charge in [0.15, 0.2) is 0 Å². The molecule has 0 aliphatic carbocycles. The van der Waals surface area contributed by atoms with Crippen molar-refractivity contribution in [2.45, 2.75) is 6.10 Å². The summed E-state index contributed by atoms with van der Waals surface area (Å²) in [4.78, 5) is 0.834. The molecule has 0 aliphatic rings. The Balaban J connectivity index is 2.29. The third-order valence-corrected chi connectivity index (χ3v) is 3.81. The van der Waals surface area contributed by atoms with Crippen LogP contribution in [0.5, 0.6) is 5.75 Å². The zero-order chi connectivity index (χ0) is 13.8. The van der Waals surface area contributed by atoms with Gasteiger partial charge in [-0.05, 0) is 24.3 Å². The summed E-state index contributed by atoms with van der Waals surface area (Å²) < 4.78 is 19.7. The Morgan fingerprint density at radius 2 is 2.21 bits per heavy atom. The molecule has 0 fully saturated rings. The maximum Gasteiger partial charge on any atom is 0.145 e. The van der Waals surface area contributed by atoms with E-state index in [4.69, 9.17) is 27.3 Å². The van der Waals surface area contributed by atoms with Gasteiger partial charge in [-0.3, -0.25) is 0 Å². The van der Waals surface area contributed by atoms with Crippen LogP contribution in [0.15, 0.2) is 30.3 Å². The molecule has 0 bridgehead atoms. The van der Waals surface area contributed by atoms with Gasteiger partial charge in [0.2, 0.25) is 0 Å². The molecule has 2 rings (SSSR count). The lowest BCUT2D eigenvalue weighted by Gasteiger charge is -2.17. The minimum Gasteiger partial charge on any atom is -0.482 e. The summed E-state index contributed by atoms with van der Waals surface area (Å²) in [6, 6.07) is 9.57. The van der Waals surface area contributed by atoms with Crippen molar-refractivity contribution in [1.29, 1.82) is 5.26 Å². The second kappa shape index (κ2) is 6.02. The predicted octanol–water partition coefficient (Wildman–Crippen LogP) is 3.49. The zero-order valence-electron chi connectivity index (χ0n) is 9.77. The average Bonchev–Trinajstić information content (AvgIpc) is 2.82. The van der Waals surface area contributed by atoms with Gasteiger partial charge in [-0.25, -0.2) is 4.39 Å². The van der Waals surface area contributed by atoms with Crippen molar-refractivity contribution in [3.8, 4) is 11.8 Å². The van der Waals surface area contributed by atoms with Crippen LogP contribution < -0.4 is 10.5 Å². The first-order valence-electron chi connectivity index (χ1n) is 5.46. The maximum atomic E-state index is 13.5. The van der Waals surface area contributed by atoms with Gasteiger partial charge in [-0.15, -0.1) is 11.3 Å². The third-order valence-electron chi connectivity index (χ3n) is 2.48. The standard InChI is InChI=1S/C13H10ClFN2OS/c14-13-5-4-12(19-13)11(7-17)18-10-3-1-2-9(15)8(10)6-16/h1-5,11H,7,17H2. The van der Waals surface area contributed by atoms with E-state index < -0.39 is 11.9 Å². The largest absolute Gasteiger partial charge is 0.482 e. The Morgan fingerprint density at radius 3 is 2.79 bits per heavy atom. The molecule has 0 spiro atoms. The lowest BCUT2D eigenvalue weighted by Crippen LogP contribution is -2.18. The fourth-order valence-corrected chi connectivity index (χ4v) is 2.69. The van der Waals surface area contributed by atoms with E-state index in [0.717, 1.165) is 4.88 Å². The van der Waals surface area contributed by atoms with Crippen molar-refractivity contribution in [2.24, 2.45) is 5.73 Å². The molecule has 2 N–H and O–H groups in total. The Labute approximate surface area is 119 Å². The minimum atomic E-state index is -0.611. The first-order chi connectivity index (χ1) is 9.15. The molecule has 6 heteroatoms. The highest BCUT2D eigenvalue weighted by Gasteiger charge is 2.17. The molecular weight excluding hydrogens is 287 g/mol. The van der Waals surface area contributed by atoms with Gasteiger partial charge in [0, 0.05) is 11.4 Å². The van der Waals surface area contributed by atoms with Crippen LogP contribution in [0.2, 0.25) is 4.34 Å². The maximum absolute atomic E-state index is 13.5. The van der Waals surface area contributed by atoms with Crippen molar-refractivity contribution < 1.29 is 9.13 Å². The van der Waals surface area contributed by atoms with Crippen LogP contribution in [0.4, 0.5) is 4.39 Å². The van der Waals surface area contributed by atoms with Crippen LogP contribution in [0.25, 0.3) is 0 Å². The molecule has 0 amide bonds. The van der Waals surface area contributed by atoms with Crippen LogP contribution in [-0.2, 0) is 0 Å². The summed E-state index contributed by atoms with van der Waals surface area (Å²) in [5, 5.41) is 8.94. The first kappa shape index (κ1) is 13.8. The van der Waals surface area contributed by atoms with Crippen molar-refractivity contribution in [3.63, 3.8) is 0 Å². The van der Waals surface area contributed by atoms with E-state index in [1.807, 2.05) is 0 Å². The monoisotopic (exact) mass is 296 g/mol. The molecule has 1 aromatic carbocycles. The summed E-state index contributed by atoms with van der Waals surface area (Å²) >= 11 is 7.20. The normalized spacial score (nSPS) is 11.9. The van der Waals surface area contributed by atoms with Gasteiger partial charge in [-0.2, -0.15) is 5.26 Å². The molecule has 2 aromatic rings. The van der Waals surface area contributed by atoms with E-state index in [2.05, 4.69) is 0 Å². The molecule has 1 unspecified atom stereocenters. The quantitative estimate of drug-likeness (QED) is 0.939. The van der Waals surface area contributed by atoms with E-state index in [-0.39, 0.29) is 17.9 Å². The SMILES string of the molecule is N#Cc1c(F)cccc1OC(CN)c1ccc(Cl)s1. The van der Waals surface area contributed by atoms with E-state index in [1.165, 1.54) is 23.5 Å². The van der Waals surface area contributed by atoms with E-state index >= 15 is 0 Å². The predicted molar refractivity (Wildman–Crippen MR) is 72.9 cm³/mol. The number of hydrogen-bond donors (Lipinski definition) is 1. The average molecular weight is 297 g/mol. The smallest absolute Gasteiger partial charge is 0.145 e. The van der Waals surface area contributed by atoms with Gasteiger partial charge in [0.25, 0.3) is 0 Å². The van der Waals surface area contributed by atoms with E-state index in [0.29, 0.717) is 4.34 Å². The lowest BCUT2D eigenvalue weighted by atomic mass is 10.2. The van der Waals surface area contributed by atoms with Crippen molar-refractivity contribution in [3.05, 3.63) is 50.9 Å². The topological polar surface area (TPSA) is 59.0 Å². The summed E-state index contributed by atoms with van der Waals surface area (Å²) in [6.45, 7) is 0.207. The van der Waals surface area contributed by atoms with E-state index in [1.54, 1.807) is 24.3 Å². The van der Waals surface area contributed by atoms with Gasteiger partial charge < -0.3 is 10.5 Å². The number of ether oxygens (including phenoxy) is 1. The minimum absolute atomic E-state index is 0.122. The summed E-state index contributed by atoms with van der Waals surface area (Å²) in [6.07, 6.45) is -0.452. The molecule has 0 radical (unpaired) electrons. The Hall–Kier alpha value is -1.61. The van der Waals surface area contributed by atoms with Crippen molar-refractivity contribution in [1.82, 2.24) is 0 Å². The van der Waals surface area contributed by atoms with Gasteiger partial charge in [0.05, 0.1) is 4.34 Å². The van der Waals surface area contributed by atoms with Gasteiger partial charge >= 0.3 is 0 Å². The highest BCUT2D eigenvalue weighted by atomic mass is 35.5. The molecule has 0 saturated carbocycles. The molecule has 0 aliphatic heterocycles. The van der Waals surface area contributed by atoms with Crippen molar-refractivity contribution in [2.75, 3.05) is 6.54 Å². The number of rotatable bonds is 4. The molecule has 1 aromatic heterocycles. The zero-order valence-corrected chi connectivity index (χ0v) is 11.3. The van der Waals surface area contributed by atoms with Crippen LogP contribution in [-0.4, -0.2) is 6.54 Å². The molecule has 98 valence electrons. The second-order valence-electron chi connectivity index (χ2n) is 3.71. The van der Waals surface area contributed by atoms with Crippen LogP contribution in [0.3, 0.4) is 0 Å². The fourth-order valence-electron chi connectivity index (χ4n) is 1.59. The Morgan fingerprint density at radius 1 is 1.42 bits per heavy atom. The molecule has 0 saturated heterocycles. The second-order valence-corrected chi connectivity index (χ2v) is 5.46. The molecule has 1 heterocycles. The summed E-state index contributed by atoms with van der Waals surface area (Å²) in [5.41, 5.74) is 5.53. The number of nitrogens with two attached hydrogens (primary N) is 1. The Kier molecular flexibility index (Phi) is 4.38. The fraction of sp³-hybridized carbons (Fsp3) is 0.154. The van der Waals surface area contributed by atoms with Gasteiger partial charge in [0.1, 0.15) is 29.3 Å². The van der Waals surface area contributed by atoms with E-state index in [9.17, 15) is 4.39 Å². The number of nitrogens with zero attached hydrogens (tertiary/aromatic N) is 1. The van der Waals surface area contributed by atoms with Crippen molar-refractivity contribution >= 4 is 22.9 Å².